The zero-order valence-electron chi connectivity index (χ0n) is 23.0. The normalized spacial score (nSPS) is 18.8. The molecule has 0 spiro atoms. The van der Waals surface area contributed by atoms with Gasteiger partial charge < -0.3 is 9.64 Å². The third-order valence-corrected chi connectivity index (χ3v) is 8.99. The first-order valence-corrected chi connectivity index (χ1v) is 14.5. The number of aryl methyl sites for hydroxylation is 2. The van der Waals surface area contributed by atoms with Crippen LogP contribution >= 0.6 is 11.3 Å². The SMILES string of the molecule is COC(=O)/C=C/c1ccc(C2c3cc(C)c(-c4cnc(C)s4)cc3CC(C)N2c2ccc(C3CC3)cc2)cc1. The van der Waals surface area contributed by atoms with Gasteiger partial charge in [0, 0.05) is 24.0 Å². The second-order valence-corrected chi connectivity index (χ2v) is 12.1. The predicted molar refractivity (Wildman–Crippen MR) is 160 cm³/mol. The number of methoxy groups -OCH3 is 1. The van der Waals surface area contributed by atoms with Gasteiger partial charge in [0.25, 0.3) is 0 Å². The molecule has 1 aliphatic carbocycles. The van der Waals surface area contributed by atoms with Crippen LogP contribution in [0.15, 0.2) is 72.9 Å². The first-order valence-electron chi connectivity index (χ1n) is 13.7. The van der Waals surface area contributed by atoms with Gasteiger partial charge in [-0.05, 0) is 109 Å². The second kappa shape index (κ2) is 10.5. The van der Waals surface area contributed by atoms with Crippen LogP contribution in [-0.4, -0.2) is 24.1 Å². The van der Waals surface area contributed by atoms with Crippen molar-refractivity contribution in [3.05, 3.63) is 111 Å². The molecule has 2 heterocycles. The van der Waals surface area contributed by atoms with Crippen LogP contribution in [0.25, 0.3) is 16.5 Å². The Kier molecular flexibility index (Phi) is 6.86. The quantitative estimate of drug-likeness (QED) is 0.185. The number of fused-ring (bicyclic) bond motifs is 1. The third kappa shape index (κ3) is 5.16. The highest BCUT2D eigenvalue weighted by atomic mass is 32.1. The highest BCUT2D eigenvalue weighted by molar-refractivity contribution is 7.15. The summed E-state index contributed by atoms with van der Waals surface area (Å²) in [5.74, 6) is 0.397. The maximum Gasteiger partial charge on any atom is 0.330 e. The summed E-state index contributed by atoms with van der Waals surface area (Å²) in [6, 6.07) is 23.1. The number of thiazole rings is 1. The van der Waals surface area contributed by atoms with E-state index in [1.807, 2.05) is 6.20 Å². The third-order valence-electron chi connectivity index (χ3n) is 8.04. The Morgan fingerprint density at radius 1 is 1.03 bits per heavy atom. The summed E-state index contributed by atoms with van der Waals surface area (Å²) in [5, 5.41) is 1.09. The molecule has 39 heavy (non-hydrogen) atoms. The molecule has 0 amide bonds. The van der Waals surface area contributed by atoms with Crippen LogP contribution in [0.4, 0.5) is 5.69 Å². The molecule has 0 N–H and O–H groups in total. The number of benzene rings is 3. The van der Waals surface area contributed by atoms with Gasteiger partial charge in [-0.25, -0.2) is 9.78 Å². The molecule has 4 nitrogen and oxygen atoms in total. The number of carbonyl (C=O) groups is 1. The van der Waals surface area contributed by atoms with E-state index in [0.29, 0.717) is 6.04 Å². The van der Waals surface area contributed by atoms with E-state index in [2.05, 4.69) is 91.3 Å². The summed E-state index contributed by atoms with van der Waals surface area (Å²) in [5.41, 5.74) is 10.3. The van der Waals surface area contributed by atoms with Crippen molar-refractivity contribution in [3.8, 4) is 10.4 Å². The lowest BCUT2D eigenvalue weighted by atomic mass is 9.82. The van der Waals surface area contributed by atoms with E-state index in [9.17, 15) is 4.79 Å². The van der Waals surface area contributed by atoms with E-state index in [1.54, 1.807) is 17.4 Å². The van der Waals surface area contributed by atoms with Crippen LogP contribution in [0.1, 0.15) is 70.1 Å². The molecule has 2 unspecified atom stereocenters. The Hall–Kier alpha value is -3.70. The average molecular weight is 535 g/mol. The van der Waals surface area contributed by atoms with E-state index in [1.165, 1.54) is 70.0 Å². The van der Waals surface area contributed by atoms with Crippen molar-refractivity contribution in [2.75, 3.05) is 12.0 Å². The fraction of sp³-hybridized carbons (Fsp3) is 0.294. The largest absolute Gasteiger partial charge is 0.466 e. The molecule has 2 aliphatic rings. The van der Waals surface area contributed by atoms with Gasteiger partial charge in [0.15, 0.2) is 0 Å². The number of esters is 1. The van der Waals surface area contributed by atoms with Crippen molar-refractivity contribution in [3.63, 3.8) is 0 Å². The lowest BCUT2D eigenvalue weighted by molar-refractivity contribution is -0.134. The van der Waals surface area contributed by atoms with Crippen molar-refractivity contribution in [2.24, 2.45) is 0 Å². The molecule has 1 aliphatic heterocycles. The van der Waals surface area contributed by atoms with Gasteiger partial charge in [0.05, 0.1) is 23.0 Å². The van der Waals surface area contributed by atoms with Crippen LogP contribution in [0.3, 0.4) is 0 Å². The van der Waals surface area contributed by atoms with Crippen LogP contribution in [0.2, 0.25) is 0 Å². The summed E-state index contributed by atoms with van der Waals surface area (Å²) in [6.45, 7) is 6.63. The Morgan fingerprint density at radius 2 is 1.74 bits per heavy atom. The van der Waals surface area contributed by atoms with E-state index in [-0.39, 0.29) is 12.0 Å². The number of carbonyl (C=O) groups excluding carboxylic acids is 1. The Bertz CT molecular complexity index is 1530. The van der Waals surface area contributed by atoms with Crippen molar-refractivity contribution < 1.29 is 9.53 Å². The molecule has 0 saturated heterocycles. The summed E-state index contributed by atoms with van der Waals surface area (Å²) in [6.07, 6.45) is 8.88. The van der Waals surface area contributed by atoms with Crippen LogP contribution in [0, 0.1) is 13.8 Å². The smallest absolute Gasteiger partial charge is 0.330 e. The molecule has 198 valence electrons. The maximum atomic E-state index is 11.6. The van der Waals surface area contributed by atoms with Crippen molar-refractivity contribution in [1.29, 1.82) is 0 Å². The van der Waals surface area contributed by atoms with Gasteiger partial charge in [-0.3, -0.25) is 0 Å². The highest BCUT2D eigenvalue weighted by Gasteiger charge is 2.34. The van der Waals surface area contributed by atoms with Gasteiger partial charge in [0.1, 0.15) is 0 Å². The maximum absolute atomic E-state index is 11.6. The number of nitrogens with zero attached hydrogens (tertiary/aromatic N) is 2. The highest BCUT2D eigenvalue weighted by Crippen LogP contribution is 2.45. The number of rotatable bonds is 6. The van der Waals surface area contributed by atoms with Crippen LogP contribution < -0.4 is 4.90 Å². The Balaban J connectivity index is 1.44. The fourth-order valence-corrected chi connectivity index (χ4v) is 6.74. The van der Waals surface area contributed by atoms with Crippen molar-refractivity contribution in [2.45, 2.75) is 58.0 Å². The van der Waals surface area contributed by atoms with E-state index in [4.69, 9.17) is 4.74 Å². The molecule has 0 radical (unpaired) electrons. The molecule has 0 bridgehead atoms. The van der Waals surface area contributed by atoms with E-state index < -0.39 is 0 Å². The van der Waals surface area contributed by atoms with Crippen molar-refractivity contribution >= 4 is 29.1 Å². The Labute approximate surface area is 235 Å². The first kappa shape index (κ1) is 25.6. The average Bonchev–Trinajstić information content (AvgIpc) is 3.71. The number of hydrogen-bond donors (Lipinski definition) is 0. The zero-order valence-corrected chi connectivity index (χ0v) is 23.8. The zero-order chi connectivity index (χ0) is 27.1. The first-order chi connectivity index (χ1) is 18.9. The van der Waals surface area contributed by atoms with Gasteiger partial charge in [0.2, 0.25) is 0 Å². The molecule has 4 aromatic rings. The number of hydrogen-bond acceptors (Lipinski definition) is 5. The minimum absolute atomic E-state index is 0.0881. The van der Waals surface area contributed by atoms with Gasteiger partial charge in [-0.1, -0.05) is 42.5 Å². The summed E-state index contributed by atoms with van der Waals surface area (Å²) < 4.78 is 4.75. The van der Waals surface area contributed by atoms with E-state index >= 15 is 0 Å². The summed E-state index contributed by atoms with van der Waals surface area (Å²) in [4.78, 5) is 19.9. The Morgan fingerprint density at radius 3 is 2.38 bits per heavy atom. The van der Waals surface area contributed by atoms with E-state index in [0.717, 1.165) is 22.9 Å². The molecule has 5 heteroatoms. The summed E-state index contributed by atoms with van der Waals surface area (Å²) in [7, 11) is 1.40. The van der Waals surface area contributed by atoms with Gasteiger partial charge in [-0.15, -0.1) is 11.3 Å². The number of aromatic nitrogens is 1. The number of ether oxygens (including phenoxy) is 1. The molecule has 3 aromatic carbocycles. The number of anilines is 1. The fourth-order valence-electron chi connectivity index (χ4n) is 5.88. The molecule has 6 rings (SSSR count). The predicted octanol–water partition coefficient (Wildman–Crippen LogP) is 8.03. The minimum Gasteiger partial charge on any atom is -0.466 e. The summed E-state index contributed by atoms with van der Waals surface area (Å²) >= 11 is 1.76. The minimum atomic E-state index is -0.350. The topological polar surface area (TPSA) is 42.4 Å². The molecular weight excluding hydrogens is 500 g/mol. The molecule has 1 aromatic heterocycles. The molecular formula is C34H34N2O2S. The van der Waals surface area contributed by atoms with Gasteiger partial charge in [-0.2, -0.15) is 0 Å². The molecule has 1 fully saturated rings. The van der Waals surface area contributed by atoms with Crippen LogP contribution in [-0.2, 0) is 16.0 Å². The van der Waals surface area contributed by atoms with Crippen molar-refractivity contribution in [1.82, 2.24) is 4.98 Å². The molecule has 1 saturated carbocycles. The van der Waals surface area contributed by atoms with Gasteiger partial charge >= 0.3 is 5.97 Å². The lowest BCUT2D eigenvalue weighted by Gasteiger charge is -2.44. The van der Waals surface area contributed by atoms with Crippen LogP contribution in [0.5, 0.6) is 0 Å². The molecule has 2 atom stereocenters. The lowest BCUT2D eigenvalue weighted by Crippen LogP contribution is -2.43. The standard InChI is InChI=1S/C34H34N2O2S/c1-21-17-31-28(19-30(21)32-20-35-23(3)39-32)18-22(2)36(29-14-12-26(13-15-29)25-10-11-25)34(31)27-8-5-24(6-9-27)7-16-33(37)38-4/h5-9,12-17,19-20,22,25,34H,10-11,18H2,1-4H3/b16-7+. The second-order valence-electron chi connectivity index (χ2n) is 10.9. The monoisotopic (exact) mass is 534 g/mol.